The van der Waals surface area contributed by atoms with Crippen molar-refractivity contribution in [2.24, 2.45) is 5.41 Å². The maximum Gasteiger partial charge on any atom is 0.168 e. The van der Waals surface area contributed by atoms with E-state index in [4.69, 9.17) is 9.47 Å². The Morgan fingerprint density at radius 3 is 2.48 bits per heavy atom. The highest BCUT2D eigenvalue weighted by Crippen LogP contribution is 2.65. The van der Waals surface area contributed by atoms with Crippen molar-refractivity contribution in [3.8, 4) is 0 Å². The van der Waals surface area contributed by atoms with E-state index in [2.05, 4.69) is 58.0 Å². The van der Waals surface area contributed by atoms with Crippen molar-refractivity contribution in [3.63, 3.8) is 0 Å². The molecule has 1 aromatic heterocycles. The van der Waals surface area contributed by atoms with Crippen LogP contribution in [0.25, 0.3) is 0 Å². The lowest BCUT2D eigenvalue weighted by molar-refractivity contribution is -0.337. The highest BCUT2D eigenvalue weighted by molar-refractivity contribution is 5.29. The molecule has 1 saturated carbocycles. The van der Waals surface area contributed by atoms with Crippen molar-refractivity contribution >= 4 is 0 Å². The largest absolute Gasteiger partial charge is 0.353 e. The Morgan fingerprint density at radius 2 is 1.84 bits per heavy atom. The summed E-state index contributed by atoms with van der Waals surface area (Å²) in [6.45, 7) is 5.06. The van der Waals surface area contributed by atoms with Gasteiger partial charge in [-0.05, 0) is 18.6 Å². The monoisotopic (exact) mass is 341 g/mol. The molecule has 2 aliphatic rings. The SMILES string of the molecule is CCn1nccc1CN1CC2(CC(OC)(OC)C2)C1c1ccccc1. The average Bonchev–Trinajstić information content (AvgIpc) is 3.05. The van der Waals surface area contributed by atoms with Crippen molar-refractivity contribution in [3.05, 3.63) is 53.9 Å². The van der Waals surface area contributed by atoms with Gasteiger partial charge in [-0.25, -0.2) is 0 Å². The van der Waals surface area contributed by atoms with Crippen LogP contribution >= 0.6 is 0 Å². The molecule has 134 valence electrons. The Hall–Kier alpha value is -1.69. The zero-order valence-corrected chi connectivity index (χ0v) is 15.3. The summed E-state index contributed by atoms with van der Waals surface area (Å²) in [5, 5.41) is 4.41. The van der Waals surface area contributed by atoms with Gasteiger partial charge in [-0.15, -0.1) is 0 Å². The molecule has 2 aromatic rings. The molecule has 1 atom stereocenters. The van der Waals surface area contributed by atoms with Crippen LogP contribution in [0.1, 0.15) is 37.1 Å². The summed E-state index contributed by atoms with van der Waals surface area (Å²) in [6, 6.07) is 13.4. The van der Waals surface area contributed by atoms with Crippen molar-refractivity contribution in [1.82, 2.24) is 14.7 Å². The molecule has 0 bridgehead atoms. The van der Waals surface area contributed by atoms with Crippen molar-refractivity contribution in [1.29, 1.82) is 0 Å². The summed E-state index contributed by atoms with van der Waals surface area (Å²) >= 11 is 0. The van der Waals surface area contributed by atoms with Gasteiger partial charge >= 0.3 is 0 Å². The van der Waals surface area contributed by atoms with Crippen LogP contribution in [0.15, 0.2) is 42.6 Å². The molecule has 1 spiro atoms. The molecule has 5 nitrogen and oxygen atoms in total. The molecule has 0 radical (unpaired) electrons. The molecular weight excluding hydrogens is 314 g/mol. The number of aromatic nitrogens is 2. The Labute approximate surface area is 149 Å². The summed E-state index contributed by atoms with van der Waals surface area (Å²) in [5.41, 5.74) is 2.92. The molecular formula is C20H27N3O2. The number of hydrogen-bond acceptors (Lipinski definition) is 4. The maximum atomic E-state index is 5.66. The smallest absolute Gasteiger partial charge is 0.168 e. The predicted molar refractivity (Wildman–Crippen MR) is 95.9 cm³/mol. The van der Waals surface area contributed by atoms with Gasteiger partial charge < -0.3 is 9.47 Å². The second kappa shape index (κ2) is 6.24. The first kappa shape index (κ1) is 16.8. The molecule has 1 aliphatic heterocycles. The van der Waals surface area contributed by atoms with Crippen molar-refractivity contribution < 1.29 is 9.47 Å². The fraction of sp³-hybridized carbons (Fsp3) is 0.550. The minimum Gasteiger partial charge on any atom is -0.353 e. The van der Waals surface area contributed by atoms with E-state index in [0.29, 0.717) is 6.04 Å². The molecule has 0 amide bonds. The van der Waals surface area contributed by atoms with E-state index in [1.807, 2.05) is 6.20 Å². The molecule has 1 unspecified atom stereocenters. The van der Waals surface area contributed by atoms with Crippen LogP contribution in [0.3, 0.4) is 0 Å². The van der Waals surface area contributed by atoms with Crippen molar-refractivity contribution in [2.75, 3.05) is 20.8 Å². The quantitative estimate of drug-likeness (QED) is 0.756. The van der Waals surface area contributed by atoms with Crippen LogP contribution in [0, 0.1) is 5.41 Å². The van der Waals surface area contributed by atoms with E-state index in [1.54, 1.807) is 14.2 Å². The number of rotatable bonds is 6. The number of likely N-dealkylation sites (tertiary alicyclic amines) is 1. The highest BCUT2D eigenvalue weighted by Gasteiger charge is 2.66. The van der Waals surface area contributed by atoms with Gasteiger partial charge in [-0.1, -0.05) is 30.3 Å². The van der Waals surface area contributed by atoms with E-state index in [0.717, 1.165) is 32.5 Å². The Morgan fingerprint density at radius 1 is 1.12 bits per heavy atom. The van der Waals surface area contributed by atoms with Gasteiger partial charge in [0.1, 0.15) is 0 Å². The summed E-state index contributed by atoms with van der Waals surface area (Å²) in [6.07, 6.45) is 3.81. The Kier molecular flexibility index (Phi) is 4.18. The van der Waals surface area contributed by atoms with Gasteiger partial charge in [0.15, 0.2) is 5.79 Å². The highest BCUT2D eigenvalue weighted by atomic mass is 16.7. The third-order valence-corrected chi connectivity index (χ3v) is 6.03. The molecule has 0 N–H and O–H groups in total. The average molecular weight is 341 g/mol. The molecule has 2 fully saturated rings. The Bertz CT molecular complexity index is 716. The first-order valence-corrected chi connectivity index (χ1v) is 9.05. The standard InChI is InChI=1S/C20H27N3O2/c1-4-23-17(10-11-21-23)12-22-15-19(13-20(14-19,24-2)25-3)18(22)16-8-6-5-7-9-16/h5-11,18H,4,12-15H2,1-3H3. The minimum atomic E-state index is -0.399. The molecule has 25 heavy (non-hydrogen) atoms. The summed E-state index contributed by atoms with van der Waals surface area (Å²) in [4.78, 5) is 2.56. The van der Waals surface area contributed by atoms with E-state index < -0.39 is 5.79 Å². The fourth-order valence-electron chi connectivity index (χ4n) is 4.89. The molecule has 1 saturated heterocycles. The van der Waals surface area contributed by atoms with Crippen LogP contribution in [0.2, 0.25) is 0 Å². The fourth-order valence-corrected chi connectivity index (χ4v) is 4.89. The van der Waals surface area contributed by atoms with Crippen LogP contribution in [-0.2, 0) is 22.6 Å². The van der Waals surface area contributed by atoms with Gasteiger partial charge in [-0.2, -0.15) is 5.10 Å². The molecule has 1 aliphatic carbocycles. The lowest BCUT2D eigenvalue weighted by Crippen LogP contribution is -2.69. The Balaban J connectivity index is 1.58. The van der Waals surface area contributed by atoms with Crippen LogP contribution in [-0.4, -0.2) is 41.2 Å². The van der Waals surface area contributed by atoms with Crippen LogP contribution in [0.5, 0.6) is 0 Å². The van der Waals surface area contributed by atoms with E-state index in [1.165, 1.54) is 11.3 Å². The topological polar surface area (TPSA) is 39.5 Å². The number of methoxy groups -OCH3 is 2. The number of benzene rings is 1. The van der Waals surface area contributed by atoms with Gasteiger partial charge in [0.2, 0.25) is 0 Å². The first-order valence-electron chi connectivity index (χ1n) is 9.05. The zero-order valence-electron chi connectivity index (χ0n) is 15.3. The third kappa shape index (κ3) is 2.62. The summed E-state index contributed by atoms with van der Waals surface area (Å²) in [5.74, 6) is -0.399. The first-order chi connectivity index (χ1) is 12.2. The summed E-state index contributed by atoms with van der Waals surface area (Å²) < 4.78 is 13.4. The van der Waals surface area contributed by atoms with Gasteiger partial charge in [0.25, 0.3) is 0 Å². The minimum absolute atomic E-state index is 0.254. The normalized spacial score (nSPS) is 24.0. The molecule has 5 heteroatoms. The van der Waals surface area contributed by atoms with Crippen LogP contribution in [0.4, 0.5) is 0 Å². The third-order valence-electron chi connectivity index (χ3n) is 6.03. The van der Waals surface area contributed by atoms with Gasteiger partial charge in [-0.3, -0.25) is 9.58 Å². The van der Waals surface area contributed by atoms with Gasteiger partial charge in [0, 0.05) is 64.3 Å². The number of hydrogen-bond donors (Lipinski definition) is 0. The predicted octanol–water partition coefficient (Wildman–Crippen LogP) is 3.23. The van der Waals surface area contributed by atoms with E-state index >= 15 is 0 Å². The molecule has 4 rings (SSSR count). The molecule has 2 heterocycles. The zero-order chi connectivity index (χ0) is 17.5. The van der Waals surface area contributed by atoms with E-state index in [-0.39, 0.29) is 5.41 Å². The van der Waals surface area contributed by atoms with E-state index in [9.17, 15) is 0 Å². The van der Waals surface area contributed by atoms with Crippen LogP contribution < -0.4 is 0 Å². The lowest BCUT2D eigenvalue weighted by atomic mass is 9.53. The number of ether oxygens (including phenoxy) is 2. The summed E-state index contributed by atoms with van der Waals surface area (Å²) in [7, 11) is 3.51. The van der Waals surface area contributed by atoms with Crippen molar-refractivity contribution in [2.45, 2.75) is 44.7 Å². The number of nitrogens with zero attached hydrogens (tertiary/aromatic N) is 3. The maximum absolute atomic E-state index is 5.66. The molecule has 1 aromatic carbocycles. The second-order valence-corrected chi connectivity index (χ2v) is 7.39. The second-order valence-electron chi connectivity index (χ2n) is 7.39. The lowest BCUT2D eigenvalue weighted by Gasteiger charge is -2.67. The number of aryl methyl sites for hydroxylation is 1. The van der Waals surface area contributed by atoms with Gasteiger partial charge in [0.05, 0.1) is 5.69 Å².